The molecule has 1 fully saturated rings. The smallest absolute Gasteiger partial charge is 0.179 e. The quantitative estimate of drug-likeness (QED) is 0.898. The third-order valence-electron chi connectivity index (χ3n) is 4.17. The van der Waals surface area contributed by atoms with Crippen LogP contribution in [0.15, 0.2) is 12.1 Å². The Bertz CT molecular complexity index is 495. The fourth-order valence-corrected chi connectivity index (χ4v) is 3.42. The van der Waals surface area contributed by atoms with Gasteiger partial charge in [-0.1, -0.05) is 18.0 Å². The van der Waals surface area contributed by atoms with E-state index in [2.05, 4.69) is 5.32 Å². The van der Waals surface area contributed by atoms with Crippen molar-refractivity contribution in [2.45, 2.75) is 38.3 Å². The highest BCUT2D eigenvalue weighted by molar-refractivity contribution is 6.32. The Hall–Kier alpha value is -0.970. The number of hydrogen-bond acceptors (Lipinski definition) is 4. The minimum absolute atomic E-state index is 0.116. The molecule has 0 aromatic heterocycles. The lowest BCUT2D eigenvalue weighted by atomic mass is 9.87. The van der Waals surface area contributed by atoms with Gasteiger partial charge in [0.05, 0.1) is 11.1 Å². The van der Waals surface area contributed by atoms with E-state index >= 15 is 0 Å². The van der Waals surface area contributed by atoms with Gasteiger partial charge in [-0.2, -0.15) is 0 Å². The molecule has 2 unspecified atom stereocenters. The molecule has 1 saturated carbocycles. The standard InChI is InChI=1S/C16H22ClNO3/c17-14-7-12(8-15-16(14)21-5-4-20-15)10-18-9-11-2-1-3-13(19)6-11/h7-8,11,13,18-19H,1-6,9-10H2. The molecule has 1 aromatic rings. The number of aliphatic hydroxyl groups excluding tert-OH is 1. The SMILES string of the molecule is OC1CCCC(CNCc2cc(Cl)c3c(c2)OCCO3)C1. The highest BCUT2D eigenvalue weighted by Crippen LogP contribution is 2.38. The molecule has 2 atom stereocenters. The predicted molar refractivity (Wildman–Crippen MR) is 82.1 cm³/mol. The maximum atomic E-state index is 9.69. The van der Waals surface area contributed by atoms with Crippen LogP contribution in [0.4, 0.5) is 0 Å². The average molecular weight is 312 g/mol. The van der Waals surface area contributed by atoms with Crippen molar-refractivity contribution in [2.75, 3.05) is 19.8 Å². The van der Waals surface area contributed by atoms with Crippen LogP contribution in [0.3, 0.4) is 0 Å². The zero-order valence-electron chi connectivity index (χ0n) is 12.1. The highest BCUT2D eigenvalue weighted by Gasteiger charge is 2.20. The van der Waals surface area contributed by atoms with Crippen LogP contribution in [0.1, 0.15) is 31.2 Å². The van der Waals surface area contributed by atoms with E-state index in [0.717, 1.165) is 43.7 Å². The third-order valence-corrected chi connectivity index (χ3v) is 4.45. The van der Waals surface area contributed by atoms with Crippen LogP contribution >= 0.6 is 11.6 Å². The van der Waals surface area contributed by atoms with Gasteiger partial charge in [-0.3, -0.25) is 0 Å². The first-order valence-electron chi connectivity index (χ1n) is 7.69. The summed E-state index contributed by atoms with van der Waals surface area (Å²) in [5.41, 5.74) is 1.10. The number of aliphatic hydroxyl groups is 1. The van der Waals surface area contributed by atoms with E-state index in [9.17, 15) is 5.11 Å². The topological polar surface area (TPSA) is 50.7 Å². The Balaban J connectivity index is 1.54. The molecule has 5 heteroatoms. The Morgan fingerprint density at radius 3 is 2.95 bits per heavy atom. The van der Waals surface area contributed by atoms with Crippen molar-refractivity contribution >= 4 is 11.6 Å². The molecule has 0 bridgehead atoms. The lowest BCUT2D eigenvalue weighted by molar-refractivity contribution is 0.101. The number of hydrogen-bond donors (Lipinski definition) is 2. The number of nitrogens with one attached hydrogen (secondary N) is 1. The fraction of sp³-hybridized carbons (Fsp3) is 0.625. The molecule has 1 aliphatic heterocycles. The van der Waals surface area contributed by atoms with Crippen LogP contribution in [0.5, 0.6) is 11.5 Å². The Morgan fingerprint density at radius 2 is 2.10 bits per heavy atom. The first-order chi connectivity index (χ1) is 10.2. The molecule has 0 amide bonds. The van der Waals surface area contributed by atoms with E-state index in [1.165, 1.54) is 6.42 Å². The van der Waals surface area contributed by atoms with Gasteiger partial charge in [0.15, 0.2) is 11.5 Å². The Kier molecular flexibility index (Phi) is 4.88. The summed E-state index contributed by atoms with van der Waals surface area (Å²) >= 11 is 6.23. The Labute approximate surface area is 130 Å². The van der Waals surface area contributed by atoms with Crippen LogP contribution in [0.2, 0.25) is 5.02 Å². The second-order valence-electron chi connectivity index (χ2n) is 5.92. The fourth-order valence-electron chi connectivity index (χ4n) is 3.13. The van der Waals surface area contributed by atoms with Gasteiger partial charge in [-0.25, -0.2) is 0 Å². The van der Waals surface area contributed by atoms with Crippen molar-refractivity contribution in [1.29, 1.82) is 0 Å². The number of benzene rings is 1. The molecule has 0 saturated heterocycles. The molecule has 0 radical (unpaired) electrons. The summed E-state index contributed by atoms with van der Waals surface area (Å²) in [6.07, 6.45) is 4.08. The van der Waals surface area contributed by atoms with Crippen LogP contribution in [-0.2, 0) is 6.54 Å². The number of ether oxygens (including phenoxy) is 2. The van der Waals surface area contributed by atoms with Crippen molar-refractivity contribution in [3.63, 3.8) is 0 Å². The van der Waals surface area contributed by atoms with Crippen molar-refractivity contribution in [2.24, 2.45) is 5.92 Å². The van der Waals surface area contributed by atoms with E-state index < -0.39 is 0 Å². The number of rotatable bonds is 4. The van der Waals surface area contributed by atoms with Crippen LogP contribution in [0.25, 0.3) is 0 Å². The van der Waals surface area contributed by atoms with Gasteiger partial charge in [0.25, 0.3) is 0 Å². The maximum absolute atomic E-state index is 9.69. The van der Waals surface area contributed by atoms with Gasteiger partial charge in [-0.15, -0.1) is 0 Å². The summed E-state index contributed by atoms with van der Waals surface area (Å²) in [7, 11) is 0. The van der Waals surface area contributed by atoms with Gasteiger partial charge in [0.2, 0.25) is 0 Å². The zero-order chi connectivity index (χ0) is 14.7. The molecule has 21 heavy (non-hydrogen) atoms. The molecule has 1 aromatic carbocycles. The molecule has 2 N–H and O–H groups in total. The average Bonchev–Trinajstić information content (AvgIpc) is 2.47. The van der Waals surface area contributed by atoms with Crippen LogP contribution < -0.4 is 14.8 Å². The number of halogens is 1. The maximum Gasteiger partial charge on any atom is 0.179 e. The van der Waals surface area contributed by atoms with E-state index in [1.54, 1.807) is 0 Å². The normalized spacial score (nSPS) is 24.9. The molecule has 4 nitrogen and oxygen atoms in total. The van der Waals surface area contributed by atoms with Crippen molar-refractivity contribution in [1.82, 2.24) is 5.32 Å². The van der Waals surface area contributed by atoms with Gasteiger partial charge < -0.3 is 19.9 Å². The molecule has 2 aliphatic rings. The van der Waals surface area contributed by atoms with Crippen LogP contribution in [0, 0.1) is 5.92 Å². The first-order valence-corrected chi connectivity index (χ1v) is 8.07. The monoisotopic (exact) mass is 311 g/mol. The molecule has 1 aliphatic carbocycles. The molecular weight excluding hydrogens is 290 g/mol. The summed E-state index contributed by atoms with van der Waals surface area (Å²) in [6.45, 7) is 2.81. The van der Waals surface area contributed by atoms with E-state index in [1.807, 2.05) is 12.1 Å². The second kappa shape index (κ2) is 6.86. The predicted octanol–water partition coefficient (Wildman–Crippen LogP) is 2.75. The zero-order valence-corrected chi connectivity index (χ0v) is 12.9. The molecule has 0 spiro atoms. The lowest BCUT2D eigenvalue weighted by Crippen LogP contribution is -2.29. The minimum Gasteiger partial charge on any atom is -0.486 e. The van der Waals surface area contributed by atoms with Gasteiger partial charge in [0, 0.05) is 6.54 Å². The van der Waals surface area contributed by atoms with Gasteiger partial charge >= 0.3 is 0 Å². The van der Waals surface area contributed by atoms with E-state index in [0.29, 0.717) is 29.9 Å². The summed E-state index contributed by atoms with van der Waals surface area (Å²) in [5, 5.41) is 13.8. The number of fused-ring (bicyclic) bond motifs is 1. The molecule has 1 heterocycles. The molecule has 3 rings (SSSR count). The van der Waals surface area contributed by atoms with Gasteiger partial charge in [-0.05, 0) is 49.4 Å². The van der Waals surface area contributed by atoms with E-state index in [-0.39, 0.29) is 6.10 Å². The Morgan fingerprint density at radius 1 is 1.24 bits per heavy atom. The van der Waals surface area contributed by atoms with Crippen molar-refractivity contribution in [3.05, 3.63) is 22.7 Å². The summed E-state index contributed by atoms with van der Waals surface area (Å²) in [4.78, 5) is 0. The largest absolute Gasteiger partial charge is 0.486 e. The summed E-state index contributed by atoms with van der Waals surface area (Å²) in [5.74, 6) is 1.96. The highest BCUT2D eigenvalue weighted by atomic mass is 35.5. The van der Waals surface area contributed by atoms with Crippen molar-refractivity contribution < 1.29 is 14.6 Å². The molecular formula is C16H22ClNO3. The van der Waals surface area contributed by atoms with Crippen LogP contribution in [-0.4, -0.2) is 31.0 Å². The van der Waals surface area contributed by atoms with Crippen molar-refractivity contribution in [3.8, 4) is 11.5 Å². The lowest BCUT2D eigenvalue weighted by Gasteiger charge is -2.26. The van der Waals surface area contributed by atoms with Gasteiger partial charge in [0.1, 0.15) is 13.2 Å². The second-order valence-corrected chi connectivity index (χ2v) is 6.33. The molecule has 116 valence electrons. The summed E-state index contributed by atoms with van der Waals surface area (Å²) in [6, 6.07) is 3.92. The summed E-state index contributed by atoms with van der Waals surface area (Å²) < 4.78 is 11.1. The first kappa shape index (κ1) is 14.9. The third kappa shape index (κ3) is 3.82. The minimum atomic E-state index is -0.116. The van der Waals surface area contributed by atoms with E-state index in [4.69, 9.17) is 21.1 Å².